The van der Waals surface area contributed by atoms with Gasteiger partial charge in [0.05, 0.1) is 0 Å². The zero-order valence-corrected chi connectivity index (χ0v) is 12.8. The Bertz CT molecular complexity index is 376. The van der Waals surface area contributed by atoms with Gasteiger partial charge < -0.3 is 4.74 Å². The molecule has 1 unspecified atom stereocenters. The van der Waals surface area contributed by atoms with Crippen LogP contribution in [0, 0.1) is 0 Å². The molecular weight excluding hydrogens is 241 g/mol. The fourth-order valence-corrected chi connectivity index (χ4v) is 1.76. The molecule has 1 aliphatic rings. The van der Waals surface area contributed by atoms with E-state index < -0.39 is 0 Å². The molecule has 0 aliphatic carbocycles. The lowest BCUT2D eigenvalue weighted by Crippen LogP contribution is -2.31. The van der Waals surface area contributed by atoms with Crippen molar-refractivity contribution in [2.75, 3.05) is 0 Å². The standard InChI is InChI=1S/C12H18O2.B6/c1-5-6-8(2)7-11-9(3)12(13)14-10(11)4;1-4-6(3)5-2/h7,10H,5-6H2,1-4H3;. The zero-order valence-electron chi connectivity index (χ0n) is 12.8. The van der Waals surface area contributed by atoms with Gasteiger partial charge in [-0.3, -0.25) is 0 Å². The monoisotopic (exact) mass is 260 g/mol. The maximum absolute atomic E-state index is 11.2. The fraction of sp³-hybridized carbons (Fsp3) is 0.583. The summed E-state index contributed by atoms with van der Waals surface area (Å²) in [6.07, 6.45) is 3.98. The lowest BCUT2D eigenvalue weighted by atomic mass is 8.88. The highest BCUT2D eigenvalue weighted by molar-refractivity contribution is 7.69. The topological polar surface area (TPSA) is 26.3 Å². The largest absolute Gasteiger partial charge is 0.454 e. The Hall–Kier alpha value is -0.660. The SMILES string of the molecule is CCCC(C)=CC1=C(C)C(=O)OC1C.[B][B]B([B])[B][B]. The van der Waals surface area contributed by atoms with E-state index in [1.165, 1.54) is 19.7 Å². The van der Waals surface area contributed by atoms with Crippen LogP contribution >= 0.6 is 0 Å². The molecule has 8 radical (unpaired) electrons. The molecular formula is C12H18B6O2. The molecule has 96 valence electrons. The summed E-state index contributed by atoms with van der Waals surface area (Å²) in [7, 11) is 17.6. The minimum absolute atomic E-state index is 0.0747. The van der Waals surface area contributed by atoms with Gasteiger partial charge in [0.15, 0.2) is 0 Å². The molecule has 1 rings (SSSR count). The van der Waals surface area contributed by atoms with Crippen molar-refractivity contribution in [3.8, 4) is 0 Å². The molecule has 1 heterocycles. The Morgan fingerprint density at radius 2 is 2.00 bits per heavy atom. The average Bonchev–Trinajstić information content (AvgIpc) is 2.65. The second-order valence-electron chi connectivity index (χ2n) is 4.83. The number of ether oxygens (including phenoxy) is 1. The van der Waals surface area contributed by atoms with Crippen molar-refractivity contribution in [1.29, 1.82) is 0 Å². The molecule has 20 heavy (non-hydrogen) atoms. The molecule has 0 N–H and O–H groups in total. The van der Waals surface area contributed by atoms with Gasteiger partial charge in [0.2, 0.25) is 0 Å². The third-order valence-corrected chi connectivity index (χ3v) is 2.95. The number of esters is 1. The normalized spacial score (nSPS) is 18.1. The summed E-state index contributed by atoms with van der Waals surface area (Å²) in [5.74, 6) is -0.173. The van der Waals surface area contributed by atoms with E-state index >= 15 is 0 Å². The van der Waals surface area contributed by atoms with Crippen molar-refractivity contribution in [3.05, 3.63) is 22.8 Å². The van der Waals surface area contributed by atoms with E-state index in [-0.39, 0.29) is 18.5 Å². The minimum Gasteiger partial charge on any atom is -0.454 e. The molecule has 0 fully saturated rings. The van der Waals surface area contributed by atoms with Crippen molar-refractivity contribution in [3.63, 3.8) is 0 Å². The van der Waals surface area contributed by atoms with Crippen LogP contribution in [0.2, 0.25) is 0 Å². The second kappa shape index (κ2) is 10.1. The Balaban J connectivity index is 0.000000511. The van der Waals surface area contributed by atoms with Crippen molar-refractivity contribution < 1.29 is 9.53 Å². The van der Waals surface area contributed by atoms with Crippen LogP contribution in [0.3, 0.4) is 0 Å². The molecule has 1 atom stereocenters. The number of cyclic esters (lactones) is 1. The molecule has 2 nitrogen and oxygen atoms in total. The van der Waals surface area contributed by atoms with Gasteiger partial charge in [-0.15, -0.1) is 0 Å². The van der Waals surface area contributed by atoms with Crippen LogP contribution in [-0.4, -0.2) is 55.8 Å². The molecule has 8 heteroatoms. The molecule has 0 aromatic heterocycles. The van der Waals surface area contributed by atoms with Crippen molar-refractivity contribution in [2.45, 2.75) is 46.6 Å². The van der Waals surface area contributed by atoms with E-state index in [2.05, 4.69) is 19.9 Å². The predicted octanol–water partition coefficient (Wildman–Crippen LogP) is 0.710. The van der Waals surface area contributed by atoms with E-state index in [0.717, 1.165) is 24.0 Å². The minimum atomic E-state index is -0.259. The summed E-state index contributed by atoms with van der Waals surface area (Å²) in [4.78, 5) is 11.2. The van der Waals surface area contributed by atoms with Crippen molar-refractivity contribution in [1.82, 2.24) is 0 Å². The van der Waals surface area contributed by atoms with Crippen LogP contribution in [0.5, 0.6) is 0 Å². The number of carbonyl (C=O) groups excluding carboxylic acids is 1. The quantitative estimate of drug-likeness (QED) is 0.537. The highest BCUT2D eigenvalue weighted by Gasteiger charge is 2.26. The third kappa shape index (κ3) is 6.67. The maximum Gasteiger partial charge on any atom is 0.334 e. The summed E-state index contributed by atoms with van der Waals surface area (Å²) < 4.78 is 5.11. The van der Waals surface area contributed by atoms with Crippen molar-refractivity contribution >= 4 is 49.7 Å². The second-order valence-corrected chi connectivity index (χ2v) is 4.83. The Morgan fingerprint density at radius 3 is 2.30 bits per heavy atom. The summed E-state index contributed by atoms with van der Waals surface area (Å²) >= 11 is 0. The van der Waals surface area contributed by atoms with E-state index in [1.807, 2.05) is 13.8 Å². The van der Waals surface area contributed by atoms with Crippen LogP contribution in [0.25, 0.3) is 0 Å². The smallest absolute Gasteiger partial charge is 0.334 e. The lowest BCUT2D eigenvalue weighted by molar-refractivity contribution is -0.139. The van der Waals surface area contributed by atoms with E-state index in [1.54, 1.807) is 0 Å². The third-order valence-electron chi connectivity index (χ3n) is 2.95. The first-order valence-corrected chi connectivity index (χ1v) is 6.81. The zero-order chi connectivity index (χ0) is 15.7. The molecule has 1 aliphatic heterocycles. The van der Waals surface area contributed by atoms with Crippen LogP contribution in [0.15, 0.2) is 22.8 Å². The molecule has 0 aromatic rings. The van der Waals surface area contributed by atoms with Gasteiger partial charge >= 0.3 is 5.97 Å². The maximum atomic E-state index is 11.2. The van der Waals surface area contributed by atoms with Gasteiger partial charge in [0.1, 0.15) is 6.10 Å². The Labute approximate surface area is 129 Å². The summed E-state index contributed by atoms with van der Waals surface area (Å²) in [6, 6.07) is 0. The number of allylic oxidation sites excluding steroid dienone is 1. The van der Waals surface area contributed by atoms with Gasteiger partial charge in [0.25, 0.3) is 0 Å². The first kappa shape index (κ1) is 19.3. The van der Waals surface area contributed by atoms with Crippen LogP contribution in [-0.2, 0) is 9.53 Å². The summed E-state index contributed by atoms with van der Waals surface area (Å²) in [5, 5.41) is 0. The lowest BCUT2D eigenvalue weighted by Gasteiger charge is -2.05. The van der Waals surface area contributed by atoms with Crippen LogP contribution < -0.4 is 0 Å². The molecule has 0 saturated heterocycles. The number of hydrogen-bond acceptors (Lipinski definition) is 2. The van der Waals surface area contributed by atoms with Gasteiger partial charge in [-0.25, -0.2) is 4.79 Å². The predicted molar refractivity (Wildman–Crippen MR) is 91.4 cm³/mol. The number of carbonyl (C=O) groups is 1. The molecule has 0 spiro atoms. The van der Waals surface area contributed by atoms with E-state index in [4.69, 9.17) is 27.9 Å². The van der Waals surface area contributed by atoms with Gasteiger partial charge in [-0.1, -0.05) is 25.0 Å². The molecule has 0 saturated carbocycles. The highest BCUT2D eigenvalue weighted by Crippen LogP contribution is 2.24. The summed E-state index contributed by atoms with van der Waals surface area (Å²) in [6.45, 7) is 7.99. The first-order valence-electron chi connectivity index (χ1n) is 6.81. The molecule has 0 aromatic carbocycles. The average molecular weight is 259 g/mol. The first-order chi connectivity index (χ1) is 9.37. The molecule has 0 bridgehead atoms. The Kier molecular flexibility index (Phi) is 9.79. The summed E-state index contributed by atoms with van der Waals surface area (Å²) in [5.41, 5.74) is 3.11. The molecule has 0 amide bonds. The van der Waals surface area contributed by atoms with E-state index in [9.17, 15) is 4.79 Å². The van der Waals surface area contributed by atoms with Gasteiger partial charge in [-0.2, -0.15) is 0 Å². The van der Waals surface area contributed by atoms with Crippen molar-refractivity contribution in [2.24, 2.45) is 0 Å². The van der Waals surface area contributed by atoms with Gasteiger partial charge in [0, 0.05) is 54.9 Å². The van der Waals surface area contributed by atoms with Gasteiger partial charge in [-0.05, 0) is 27.2 Å². The van der Waals surface area contributed by atoms with Crippen LogP contribution in [0.4, 0.5) is 0 Å². The Morgan fingerprint density at radius 1 is 1.45 bits per heavy atom. The number of hydrogen-bond donors (Lipinski definition) is 0. The van der Waals surface area contributed by atoms with Crippen LogP contribution in [0.1, 0.15) is 40.5 Å². The fourth-order valence-electron chi connectivity index (χ4n) is 1.76. The highest BCUT2D eigenvalue weighted by atomic mass is 16.5. The number of rotatable bonds is 5. The van der Waals surface area contributed by atoms with E-state index in [0.29, 0.717) is 0 Å².